The summed E-state index contributed by atoms with van der Waals surface area (Å²) in [5.74, 6) is 0.556. The van der Waals surface area contributed by atoms with Crippen molar-refractivity contribution in [3.63, 3.8) is 0 Å². The van der Waals surface area contributed by atoms with Gasteiger partial charge in [0.1, 0.15) is 11.8 Å². The molecule has 0 radical (unpaired) electrons. The highest BCUT2D eigenvalue weighted by atomic mass is 16.5. The maximum absolute atomic E-state index is 12.9. The lowest BCUT2D eigenvalue weighted by atomic mass is 10.1. The fourth-order valence-electron chi connectivity index (χ4n) is 3.04. The number of nitrogens with zero attached hydrogens (tertiary/aromatic N) is 2. The summed E-state index contributed by atoms with van der Waals surface area (Å²) in [6.45, 7) is 3.70. The van der Waals surface area contributed by atoms with Crippen molar-refractivity contribution >= 4 is 17.6 Å². The molecular weight excluding hydrogens is 304 g/mol. The topological polar surface area (TPSA) is 49.9 Å². The van der Waals surface area contributed by atoms with E-state index in [2.05, 4.69) is 0 Å². The van der Waals surface area contributed by atoms with Gasteiger partial charge in [0, 0.05) is 0 Å². The molecule has 2 aromatic rings. The minimum atomic E-state index is -0.505. The fraction of sp³-hybridized carbons (Fsp3) is 0.263. The Morgan fingerprint density at radius 3 is 2.21 bits per heavy atom. The van der Waals surface area contributed by atoms with Crippen LogP contribution in [0.3, 0.4) is 0 Å². The average Bonchev–Trinajstić information content (AvgIpc) is 2.84. The lowest BCUT2D eigenvalue weighted by Gasteiger charge is -2.27. The number of ether oxygens (including phenoxy) is 1. The summed E-state index contributed by atoms with van der Waals surface area (Å²) >= 11 is 0. The Hall–Kier alpha value is -2.82. The van der Waals surface area contributed by atoms with Crippen LogP contribution in [0.15, 0.2) is 54.6 Å². The first-order valence-corrected chi connectivity index (χ1v) is 7.90. The molecule has 1 fully saturated rings. The van der Waals surface area contributed by atoms with Crippen LogP contribution in [0.1, 0.15) is 25.5 Å². The third-order valence-corrected chi connectivity index (χ3v) is 4.44. The molecule has 0 bridgehead atoms. The highest BCUT2D eigenvalue weighted by Gasteiger charge is 2.45. The highest BCUT2D eigenvalue weighted by Crippen LogP contribution is 2.32. The van der Waals surface area contributed by atoms with Gasteiger partial charge in [-0.2, -0.15) is 0 Å². The summed E-state index contributed by atoms with van der Waals surface area (Å²) in [6.07, 6.45) is 0. The van der Waals surface area contributed by atoms with Crippen LogP contribution in [-0.4, -0.2) is 30.0 Å². The zero-order valence-electron chi connectivity index (χ0n) is 14.0. The Bertz CT molecular complexity index is 743. The van der Waals surface area contributed by atoms with Gasteiger partial charge in [-0.05, 0) is 43.7 Å². The van der Waals surface area contributed by atoms with Gasteiger partial charge in [-0.25, -0.2) is 9.69 Å². The van der Waals surface area contributed by atoms with Crippen LogP contribution in [0, 0.1) is 0 Å². The van der Waals surface area contributed by atoms with Crippen molar-refractivity contribution in [3.8, 4) is 5.75 Å². The van der Waals surface area contributed by atoms with E-state index in [0.29, 0.717) is 5.69 Å². The quantitative estimate of drug-likeness (QED) is 0.807. The second-order valence-electron chi connectivity index (χ2n) is 5.82. The Balaban J connectivity index is 1.90. The number of urea groups is 1. The minimum Gasteiger partial charge on any atom is -0.497 e. The van der Waals surface area contributed by atoms with E-state index in [-0.39, 0.29) is 18.0 Å². The zero-order chi connectivity index (χ0) is 17.3. The maximum atomic E-state index is 12.9. The van der Waals surface area contributed by atoms with E-state index >= 15 is 0 Å². The van der Waals surface area contributed by atoms with Crippen molar-refractivity contribution in [1.29, 1.82) is 0 Å². The monoisotopic (exact) mass is 324 g/mol. The van der Waals surface area contributed by atoms with Gasteiger partial charge in [0.25, 0.3) is 5.91 Å². The molecule has 1 aliphatic heterocycles. The number of methoxy groups -OCH3 is 1. The molecule has 2 atom stereocenters. The lowest BCUT2D eigenvalue weighted by molar-refractivity contribution is -0.119. The second kappa shape index (κ2) is 6.35. The lowest BCUT2D eigenvalue weighted by Crippen LogP contribution is -2.36. The number of carbonyl (C=O) groups excluding carboxylic acids is 2. The summed E-state index contributed by atoms with van der Waals surface area (Å²) in [5, 5.41) is 0. The molecule has 2 unspecified atom stereocenters. The van der Waals surface area contributed by atoms with E-state index in [9.17, 15) is 9.59 Å². The number of imide groups is 1. The summed E-state index contributed by atoms with van der Waals surface area (Å²) in [4.78, 5) is 28.4. The highest BCUT2D eigenvalue weighted by molar-refractivity contribution is 6.21. The predicted octanol–water partition coefficient (Wildman–Crippen LogP) is 3.61. The van der Waals surface area contributed by atoms with Gasteiger partial charge in [0.15, 0.2) is 0 Å². The number of rotatable bonds is 4. The summed E-state index contributed by atoms with van der Waals surface area (Å²) in [6, 6.07) is 15.6. The molecule has 0 N–H and O–H groups in total. The average molecular weight is 324 g/mol. The summed E-state index contributed by atoms with van der Waals surface area (Å²) in [7, 11) is 1.61. The van der Waals surface area contributed by atoms with Crippen LogP contribution < -0.4 is 9.64 Å². The smallest absolute Gasteiger partial charge is 0.332 e. The molecule has 0 aliphatic carbocycles. The van der Waals surface area contributed by atoms with Gasteiger partial charge in [-0.1, -0.05) is 30.3 Å². The SMILES string of the molecule is COc1ccc(C(C)N2C(=O)N(c3ccccc3)C(=O)C2C)cc1. The molecule has 3 rings (SSSR count). The Morgan fingerprint density at radius 1 is 1.00 bits per heavy atom. The molecule has 1 aliphatic rings. The van der Waals surface area contributed by atoms with Crippen LogP contribution in [-0.2, 0) is 4.79 Å². The fourth-order valence-corrected chi connectivity index (χ4v) is 3.04. The number of carbonyl (C=O) groups is 2. The van der Waals surface area contributed by atoms with Gasteiger partial charge < -0.3 is 9.64 Å². The van der Waals surface area contributed by atoms with Crippen molar-refractivity contribution < 1.29 is 14.3 Å². The minimum absolute atomic E-state index is 0.202. The number of amides is 3. The van der Waals surface area contributed by atoms with Crippen molar-refractivity contribution in [2.45, 2.75) is 25.9 Å². The number of para-hydroxylation sites is 1. The number of anilines is 1. The Morgan fingerprint density at radius 2 is 1.62 bits per heavy atom. The van der Waals surface area contributed by atoms with E-state index < -0.39 is 6.04 Å². The van der Waals surface area contributed by atoms with Gasteiger partial charge in [-0.3, -0.25) is 4.79 Å². The molecule has 124 valence electrons. The first-order chi connectivity index (χ1) is 11.5. The molecule has 0 saturated carbocycles. The first kappa shape index (κ1) is 16.1. The number of hydrogen-bond donors (Lipinski definition) is 0. The normalized spacial score (nSPS) is 18.9. The molecule has 1 saturated heterocycles. The van der Waals surface area contributed by atoms with Crippen molar-refractivity contribution in [2.24, 2.45) is 0 Å². The van der Waals surface area contributed by atoms with Crippen molar-refractivity contribution in [1.82, 2.24) is 4.90 Å². The summed E-state index contributed by atoms with van der Waals surface area (Å²) in [5.41, 5.74) is 1.56. The van der Waals surface area contributed by atoms with E-state index in [1.165, 1.54) is 4.90 Å². The zero-order valence-corrected chi connectivity index (χ0v) is 14.0. The Kier molecular flexibility index (Phi) is 4.25. The number of benzene rings is 2. The molecule has 1 heterocycles. The molecule has 2 aromatic carbocycles. The molecular formula is C19H20N2O3. The third kappa shape index (κ3) is 2.62. The largest absolute Gasteiger partial charge is 0.497 e. The standard InChI is InChI=1S/C19H20N2O3/c1-13(15-9-11-17(24-3)12-10-15)20-14(2)18(22)21(19(20)23)16-7-5-4-6-8-16/h4-14H,1-3H3. The first-order valence-electron chi connectivity index (χ1n) is 7.90. The van der Waals surface area contributed by atoms with Crippen molar-refractivity contribution in [2.75, 3.05) is 12.0 Å². The molecule has 0 aromatic heterocycles. The van der Waals surface area contributed by atoms with Crippen LogP contribution >= 0.6 is 0 Å². The molecule has 0 spiro atoms. The predicted molar refractivity (Wildman–Crippen MR) is 92.0 cm³/mol. The third-order valence-electron chi connectivity index (χ3n) is 4.44. The van der Waals surface area contributed by atoms with Gasteiger partial charge in [0.2, 0.25) is 0 Å². The molecule has 24 heavy (non-hydrogen) atoms. The van der Waals surface area contributed by atoms with Gasteiger partial charge in [-0.15, -0.1) is 0 Å². The van der Waals surface area contributed by atoms with Crippen LogP contribution in [0.4, 0.5) is 10.5 Å². The molecule has 3 amide bonds. The molecule has 5 nitrogen and oxygen atoms in total. The van der Waals surface area contributed by atoms with Crippen LogP contribution in [0.5, 0.6) is 5.75 Å². The van der Waals surface area contributed by atoms with E-state index in [4.69, 9.17) is 4.74 Å². The van der Waals surface area contributed by atoms with Crippen molar-refractivity contribution in [3.05, 3.63) is 60.2 Å². The second-order valence-corrected chi connectivity index (χ2v) is 5.82. The van der Waals surface area contributed by atoms with Gasteiger partial charge in [0.05, 0.1) is 18.8 Å². The van der Waals surface area contributed by atoms with E-state index in [1.54, 1.807) is 31.1 Å². The maximum Gasteiger partial charge on any atom is 0.332 e. The van der Waals surface area contributed by atoms with E-state index in [1.807, 2.05) is 49.4 Å². The van der Waals surface area contributed by atoms with Crippen LogP contribution in [0.2, 0.25) is 0 Å². The molecule has 5 heteroatoms. The Labute approximate surface area is 141 Å². The van der Waals surface area contributed by atoms with Crippen LogP contribution in [0.25, 0.3) is 0 Å². The summed E-state index contributed by atoms with van der Waals surface area (Å²) < 4.78 is 5.17. The van der Waals surface area contributed by atoms with E-state index in [0.717, 1.165) is 11.3 Å². The number of hydrogen-bond acceptors (Lipinski definition) is 3. The van der Waals surface area contributed by atoms with Gasteiger partial charge >= 0.3 is 6.03 Å².